The van der Waals surface area contributed by atoms with Crippen molar-refractivity contribution in [3.05, 3.63) is 53.6 Å². The molecule has 1 saturated heterocycles. The first-order chi connectivity index (χ1) is 15.4. The second kappa shape index (κ2) is 9.07. The third-order valence-corrected chi connectivity index (χ3v) is 7.69. The van der Waals surface area contributed by atoms with Gasteiger partial charge in [0.15, 0.2) is 11.5 Å². The Morgan fingerprint density at radius 3 is 2.62 bits per heavy atom. The van der Waals surface area contributed by atoms with Crippen LogP contribution in [0.1, 0.15) is 28.8 Å². The molecular formula is C22H26N2O7S. The smallest absolute Gasteiger partial charge is 0.264 e. The van der Waals surface area contributed by atoms with Gasteiger partial charge in [-0.15, -0.1) is 0 Å². The summed E-state index contributed by atoms with van der Waals surface area (Å²) in [7, 11) is -1.30. The first kappa shape index (κ1) is 22.5. The molecule has 2 aromatic carbocycles. The number of hydrogen-bond donors (Lipinski definition) is 1. The van der Waals surface area contributed by atoms with Gasteiger partial charge in [-0.05, 0) is 48.7 Å². The minimum Gasteiger partial charge on any atom is -0.454 e. The number of benzene rings is 2. The summed E-state index contributed by atoms with van der Waals surface area (Å²) in [5.74, 6) is 1.05. The minimum atomic E-state index is -3.85. The Labute approximate surface area is 187 Å². The Bertz CT molecular complexity index is 1100. The van der Waals surface area contributed by atoms with Gasteiger partial charge in [-0.25, -0.2) is 8.42 Å². The largest absolute Gasteiger partial charge is 0.454 e. The van der Waals surface area contributed by atoms with E-state index >= 15 is 0 Å². The van der Waals surface area contributed by atoms with E-state index in [1.54, 1.807) is 6.07 Å². The predicted molar refractivity (Wildman–Crippen MR) is 115 cm³/mol. The molecule has 172 valence electrons. The van der Waals surface area contributed by atoms with Crippen molar-refractivity contribution in [2.75, 3.05) is 40.7 Å². The molecule has 0 bridgehead atoms. The number of carbonyl (C=O) groups is 1. The maximum Gasteiger partial charge on any atom is 0.264 e. The summed E-state index contributed by atoms with van der Waals surface area (Å²) in [5.41, 5.74) is 0.973. The molecule has 4 rings (SSSR count). The van der Waals surface area contributed by atoms with Gasteiger partial charge in [0.05, 0.1) is 12.0 Å². The van der Waals surface area contributed by atoms with Crippen LogP contribution in [-0.2, 0) is 25.0 Å². The lowest BCUT2D eigenvalue weighted by Crippen LogP contribution is -2.44. The number of sulfonamides is 1. The van der Waals surface area contributed by atoms with E-state index in [0.29, 0.717) is 31.3 Å². The highest BCUT2D eigenvalue weighted by Crippen LogP contribution is 2.40. The standard InChI is InChI=1S/C22H26N2O7S/c1-24(28-2)32(26,27)18-5-3-4-16(12-18)21(25)23-14-22(8-10-29-11-9-22)17-6-7-19-20(13-17)31-15-30-19/h3-7,12-13H,8-11,14-15H2,1-2H3,(H,23,25). The third kappa shape index (κ3) is 4.31. The molecule has 10 heteroatoms. The number of nitrogens with one attached hydrogen (secondary N) is 1. The molecule has 0 radical (unpaired) electrons. The quantitative estimate of drug-likeness (QED) is 0.629. The van der Waals surface area contributed by atoms with Crippen LogP contribution in [0.5, 0.6) is 11.5 Å². The second-order valence-electron chi connectivity index (χ2n) is 7.77. The third-order valence-electron chi connectivity index (χ3n) is 6.01. The van der Waals surface area contributed by atoms with Crippen molar-refractivity contribution >= 4 is 15.9 Å². The number of hydrogen-bond acceptors (Lipinski definition) is 7. The Hall–Kier alpha value is -2.66. The normalized spacial score (nSPS) is 17.3. The van der Waals surface area contributed by atoms with E-state index < -0.39 is 10.0 Å². The number of fused-ring (bicyclic) bond motifs is 1. The zero-order valence-corrected chi connectivity index (χ0v) is 18.8. The SMILES string of the molecule is CON(C)S(=O)(=O)c1cccc(C(=O)NCC2(c3ccc4c(c3)OCO4)CCOCC2)c1. The average molecular weight is 463 g/mol. The Balaban J connectivity index is 1.54. The molecule has 0 saturated carbocycles. The fraction of sp³-hybridized carbons (Fsp3) is 0.409. The van der Waals surface area contributed by atoms with Gasteiger partial charge in [-0.2, -0.15) is 0 Å². The van der Waals surface area contributed by atoms with Crippen LogP contribution in [0.4, 0.5) is 0 Å². The molecule has 2 aliphatic rings. The summed E-state index contributed by atoms with van der Waals surface area (Å²) in [6.45, 7) is 1.75. The highest BCUT2D eigenvalue weighted by molar-refractivity contribution is 7.89. The lowest BCUT2D eigenvalue weighted by Gasteiger charge is -2.38. The van der Waals surface area contributed by atoms with Crippen molar-refractivity contribution in [2.24, 2.45) is 0 Å². The summed E-state index contributed by atoms with van der Waals surface area (Å²) in [4.78, 5) is 17.7. The zero-order valence-electron chi connectivity index (χ0n) is 18.0. The molecule has 0 unspecified atom stereocenters. The van der Waals surface area contributed by atoms with Crippen molar-refractivity contribution in [3.8, 4) is 11.5 Å². The Morgan fingerprint density at radius 2 is 1.88 bits per heavy atom. The van der Waals surface area contributed by atoms with Gasteiger partial charge in [0, 0.05) is 37.8 Å². The van der Waals surface area contributed by atoms with Crippen molar-refractivity contribution < 1.29 is 32.3 Å². The molecule has 2 aliphatic heterocycles. The summed E-state index contributed by atoms with van der Waals surface area (Å²) in [5, 5.41) is 2.99. The summed E-state index contributed by atoms with van der Waals surface area (Å²) in [6.07, 6.45) is 1.47. The van der Waals surface area contributed by atoms with E-state index in [1.807, 2.05) is 18.2 Å². The highest BCUT2D eigenvalue weighted by atomic mass is 32.2. The van der Waals surface area contributed by atoms with E-state index in [9.17, 15) is 13.2 Å². The molecule has 32 heavy (non-hydrogen) atoms. The molecule has 0 spiro atoms. The van der Waals surface area contributed by atoms with Gasteiger partial charge in [-0.1, -0.05) is 16.6 Å². The van der Waals surface area contributed by atoms with Crippen LogP contribution >= 0.6 is 0 Å². The second-order valence-corrected chi connectivity index (χ2v) is 9.70. The predicted octanol–water partition coefficient (Wildman–Crippen LogP) is 2.08. The van der Waals surface area contributed by atoms with Crippen molar-refractivity contribution in [1.82, 2.24) is 9.79 Å². The van der Waals surface area contributed by atoms with Crippen molar-refractivity contribution in [3.63, 3.8) is 0 Å². The van der Waals surface area contributed by atoms with E-state index in [2.05, 4.69) is 5.32 Å². The first-order valence-electron chi connectivity index (χ1n) is 10.2. The molecule has 2 heterocycles. The molecule has 2 aromatic rings. The van der Waals surface area contributed by atoms with Crippen molar-refractivity contribution in [2.45, 2.75) is 23.2 Å². The number of nitrogens with zero attached hydrogens (tertiary/aromatic N) is 1. The maximum atomic E-state index is 12.9. The molecule has 0 atom stereocenters. The molecule has 1 fully saturated rings. The molecule has 0 aromatic heterocycles. The van der Waals surface area contributed by atoms with Gasteiger partial charge in [0.1, 0.15) is 0 Å². The van der Waals surface area contributed by atoms with E-state index in [-0.39, 0.29) is 28.6 Å². The molecular weight excluding hydrogens is 436 g/mol. The topological polar surface area (TPSA) is 103 Å². The van der Waals surface area contributed by atoms with Gasteiger partial charge in [0.25, 0.3) is 15.9 Å². The van der Waals surface area contributed by atoms with Gasteiger partial charge >= 0.3 is 0 Å². The van der Waals surface area contributed by atoms with Gasteiger partial charge in [-0.3, -0.25) is 9.63 Å². The van der Waals surface area contributed by atoms with Crippen LogP contribution in [0.3, 0.4) is 0 Å². The summed E-state index contributed by atoms with van der Waals surface area (Å²) < 4.78 is 42.3. The average Bonchev–Trinajstić information content (AvgIpc) is 3.30. The number of hydroxylamine groups is 1. The van der Waals surface area contributed by atoms with Gasteiger partial charge in [0.2, 0.25) is 6.79 Å². The van der Waals surface area contributed by atoms with Crippen molar-refractivity contribution in [1.29, 1.82) is 0 Å². The summed E-state index contributed by atoms with van der Waals surface area (Å²) in [6, 6.07) is 11.7. The monoisotopic (exact) mass is 462 g/mol. The lowest BCUT2D eigenvalue weighted by atomic mass is 9.74. The number of carbonyl (C=O) groups excluding carboxylic acids is 1. The first-order valence-corrected chi connectivity index (χ1v) is 11.7. The Morgan fingerprint density at radius 1 is 1.12 bits per heavy atom. The fourth-order valence-electron chi connectivity index (χ4n) is 3.95. The fourth-order valence-corrected chi connectivity index (χ4v) is 4.97. The van der Waals surface area contributed by atoms with Crippen LogP contribution in [0.25, 0.3) is 0 Å². The molecule has 0 aliphatic carbocycles. The number of amides is 1. The maximum absolute atomic E-state index is 12.9. The van der Waals surface area contributed by atoms with E-state index in [4.69, 9.17) is 19.0 Å². The number of rotatable bonds is 7. The molecule has 9 nitrogen and oxygen atoms in total. The molecule has 1 N–H and O–H groups in total. The van der Waals surface area contributed by atoms with Crippen LogP contribution in [0.2, 0.25) is 0 Å². The van der Waals surface area contributed by atoms with Gasteiger partial charge < -0.3 is 19.5 Å². The zero-order chi connectivity index (χ0) is 22.8. The highest BCUT2D eigenvalue weighted by Gasteiger charge is 2.36. The number of ether oxygens (including phenoxy) is 3. The van der Waals surface area contributed by atoms with E-state index in [0.717, 1.165) is 22.9 Å². The lowest BCUT2D eigenvalue weighted by molar-refractivity contribution is -0.0258. The van der Waals surface area contributed by atoms with Crippen LogP contribution in [0, 0.1) is 0 Å². The Kier molecular flexibility index (Phi) is 6.38. The molecule has 1 amide bonds. The van der Waals surface area contributed by atoms with E-state index in [1.165, 1.54) is 32.4 Å². The minimum absolute atomic E-state index is 0.0222. The summed E-state index contributed by atoms with van der Waals surface area (Å²) >= 11 is 0. The van der Waals surface area contributed by atoms with Crippen LogP contribution in [0.15, 0.2) is 47.4 Å². The van der Waals surface area contributed by atoms with Crippen LogP contribution in [-0.4, -0.2) is 59.5 Å². The van der Waals surface area contributed by atoms with Crippen LogP contribution < -0.4 is 14.8 Å².